The van der Waals surface area contributed by atoms with Gasteiger partial charge in [-0.3, -0.25) is 30.1 Å². The van der Waals surface area contributed by atoms with Crippen LogP contribution in [0, 0.1) is 26.1 Å². The van der Waals surface area contributed by atoms with Crippen LogP contribution >= 0.6 is 0 Å². The molecule has 0 saturated carbocycles. The van der Waals surface area contributed by atoms with E-state index >= 15 is 0 Å². The summed E-state index contributed by atoms with van der Waals surface area (Å²) in [4.78, 5) is 26.9. The van der Waals surface area contributed by atoms with Crippen molar-refractivity contribution in [3.63, 3.8) is 0 Å². The SMILES string of the molecule is CC(C)[C@H]1C[C@@H](Cc2ccc([N+](=O)[O-])cc2)N(c2ccc([N+](=O)[O-])cc2)O1. The molecule has 1 heterocycles. The second kappa shape index (κ2) is 7.71. The number of non-ortho nitro benzene ring substituents is 2. The predicted octanol–water partition coefficient (Wildman–Crippen LogP) is 4.28. The molecule has 27 heavy (non-hydrogen) atoms. The molecule has 8 heteroatoms. The Labute approximate surface area is 156 Å². The van der Waals surface area contributed by atoms with Crippen molar-refractivity contribution in [2.24, 2.45) is 5.92 Å². The van der Waals surface area contributed by atoms with Crippen molar-refractivity contribution < 1.29 is 14.7 Å². The summed E-state index contributed by atoms with van der Waals surface area (Å²) >= 11 is 0. The Kier molecular flexibility index (Phi) is 5.36. The maximum absolute atomic E-state index is 10.9. The molecule has 0 aromatic heterocycles. The second-order valence-electron chi connectivity index (χ2n) is 7.00. The minimum Gasteiger partial charge on any atom is -0.270 e. The number of nitro benzene ring substituents is 2. The highest BCUT2D eigenvalue weighted by molar-refractivity contribution is 5.50. The van der Waals surface area contributed by atoms with Crippen LogP contribution in [-0.4, -0.2) is 22.0 Å². The van der Waals surface area contributed by atoms with Crippen molar-refractivity contribution in [3.8, 4) is 0 Å². The highest BCUT2D eigenvalue weighted by atomic mass is 16.7. The third-order valence-electron chi connectivity index (χ3n) is 4.76. The van der Waals surface area contributed by atoms with E-state index in [1.54, 1.807) is 24.3 Å². The Morgan fingerprint density at radius 2 is 1.52 bits per heavy atom. The maximum Gasteiger partial charge on any atom is 0.269 e. The molecular weight excluding hydrogens is 350 g/mol. The predicted molar refractivity (Wildman–Crippen MR) is 100 cm³/mol. The Bertz CT molecular complexity index is 820. The van der Waals surface area contributed by atoms with Gasteiger partial charge in [0.15, 0.2) is 0 Å². The molecule has 3 rings (SSSR count). The maximum atomic E-state index is 10.9. The van der Waals surface area contributed by atoms with Crippen molar-refractivity contribution >= 4 is 17.1 Å². The van der Waals surface area contributed by atoms with Gasteiger partial charge in [0.25, 0.3) is 11.4 Å². The third-order valence-corrected chi connectivity index (χ3v) is 4.76. The molecule has 0 N–H and O–H groups in total. The first-order chi connectivity index (χ1) is 12.8. The van der Waals surface area contributed by atoms with E-state index in [1.165, 1.54) is 24.3 Å². The number of benzene rings is 2. The first-order valence-corrected chi connectivity index (χ1v) is 8.79. The lowest BCUT2D eigenvalue weighted by atomic mass is 9.96. The molecule has 8 nitrogen and oxygen atoms in total. The molecule has 0 radical (unpaired) electrons. The molecule has 2 aromatic rings. The molecular formula is C19H21N3O5. The zero-order chi connectivity index (χ0) is 19.6. The summed E-state index contributed by atoms with van der Waals surface area (Å²) in [6.45, 7) is 4.18. The Morgan fingerprint density at radius 3 is 2.00 bits per heavy atom. The highest BCUT2D eigenvalue weighted by Gasteiger charge is 2.35. The number of hydrogen-bond donors (Lipinski definition) is 0. The smallest absolute Gasteiger partial charge is 0.269 e. The topological polar surface area (TPSA) is 98.8 Å². The highest BCUT2D eigenvalue weighted by Crippen LogP contribution is 2.34. The lowest BCUT2D eigenvalue weighted by Gasteiger charge is -2.25. The number of hydrogen-bond acceptors (Lipinski definition) is 6. The first-order valence-electron chi connectivity index (χ1n) is 8.79. The summed E-state index contributed by atoms with van der Waals surface area (Å²) < 4.78 is 0. The van der Waals surface area contributed by atoms with Crippen LogP contribution in [-0.2, 0) is 11.3 Å². The zero-order valence-electron chi connectivity index (χ0n) is 15.1. The van der Waals surface area contributed by atoms with E-state index in [9.17, 15) is 20.2 Å². The van der Waals surface area contributed by atoms with Gasteiger partial charge in [-0.1, -0.05) is 26.0 Å². The molecule has 0 bridgehead atoms. The van der Waals surface area contributed by atoms with Gasteiger partial charge >= 0.3 is 0 Å². The molecule has 2 aromatic carbocycles. The Balaban J connectivity index is 1.81. The standard InChI is InChI=1S/C19H21N3O5/c1-13(2)19-12-18(11-14-3-5-16(6-4-14)21(23)24)20(27-19)15-7-9-17(10-8-15)22(25)26/h3-10,13,18-19H,11-12H2,1-2H3/t18-,19-/m1/s1. The molecule has 2 atom stereocenters. The summed E-state index contributed by atoms with van der Waals surface area (Å²) in [7, 11) is 0. The van der Waals surface area contributed by atoms with Gasteiger partial charge in [-0.2, -0.15) is 0 Å². The van der Waals surface area contributed by atoms with E-state index in [2.05, 4.69) is 13.8 Å². The molecule has 1 fully saturated rings. The fraction of sp³-hybridized carbons (Fsp3) is 0.368. The minimum atomic E-state index is -0.431. The quantitative estimate of drug-likeness (QED) is 0.555. The summed E-state index contributed by atoms with van der Waals surface area (Å²) in [6.07, 6.45) is 1.52. The second-order valence-corrected chi connectivity index (χ2v) is 7.00. The average molecular weight is 371 g/mol. The average Bonchev–Trinajstić information content (AvgIpc) is 3.06. The lowest BCUT2D eigenvalue weighted by Crippen LogP contribution is -2.30. The third kappa shape index (κ3) is 4.22. The first kappa shape index (κ1) is 18.8. The van der Waals surface area contributed by atoms with E-state index in [0.29, 0.717) is 12.3 Å². The Hall–Kier alpha value is -3.00. The van der Waals surface area contributed by atoms with Crippen LogP contribution in [0.1, 0.15) is 25.8 Å². The van der Waals surface area contributed by atoms with Gasteiger partial charge in [-0.05, 0) is 36.5 Å². The molecule has 0 unspecified atom stereocenters. The van der Waals surface area contributed by atoms with Crippen LogP contribution in [0.2, 0.25) is 0 Å². The number of anilines is 1. The number of nitro groups is 2. The van der Waals surface area contributed by atoms with Crippen LogP contribution in [0.3, 0.4) is 0 Å². The number of hydroxylamine groups is 1. The van der Waals surface area contributed by atoms with Gasteiger partial charge in [0.2, 0.25) is 0 Å². The summed E-state index contributed by atoms with van der Waals surface area (Å²) in [6, 6.07) is 12.9. The van der Waals surface area contributed by atoms with Crippen molar-refractivity contribution in [2.75, 3.05) is 5.06 Å². The van der Waals surface area contributed by atoms with Crippen LogP contribution in [0.15, 0.2) is 48.5 Å². The van der Waals surface area contributed by atoms with Crippen molar-refractivity contribution in [2.45, 2.75) is 38.8 Å². The molecule has 0 aliphatic carbocycles. The lowest BCUT2D eigenvalue weighted by molar-refractivity contribution is -0.385. The number of rotatable bonds is 6. The molecule has 0 amide bonds. The normalized spacial score (nSPS) is 19.4. The molecule has 1 saturated heterocycles. The van der Waals surface area contributed by atoms with Crippen molar-refractivity contribution in [1.82, 2.24) is 0 Å². The van der Waals surface area contributed by atoms with Crippen LogP contribution in [0.4, 0.5) is 17.1 Å². The van der Waals surface area contributed by atoms with Gasteiger partial charge in [0.1, 0.15) is 0 Å². The van der Waals surface area contributed by atoms with Crippen LogP contribution < -0.4 is 5.06 Å². The van der Waals surface area contributed by atoms with E-state index in [-0.39, 0.29) is 23.5 Å². The zero-order valence-corrected chi connectivity index (χ0v) is 15.1. The van der Waals surface area contributed by atoms with Gasteiger partial charge in [-0.25, -0.2) is 0 Å². The molecule has 0 spiro atoms. The molecule has 142 valence electrons. The van der Waals surface area contributed by atoms with E-state index in [1.807, 2.05) is 5.06 Å². The summed E-state index contributed by atoms with van der Waals surface area (Å²) in [5.74, 6) is 0.326. The number of nitrogens with zero attached hydrogens (tertiary/aromatic N) is 3. The molecule has 1 aliphatic heterocycles. The van der Waals surface area contributed by atoms with Gasteiger partial charge < -0.3 is 0 Å². The van der Waals surface area contributed by atoms with Gasteiger partial charge in [-0.15, -0.1) is 0 Å². The van der Waals surface area contributed by atoms with Gasteiger partial charge in [0.05, 0.1) is 27.7 Å². The monoisotopic (exact) mass is 371 g/mol. The Morgan fingerprint density at radius 1 is 1.00 bits per heavy atom. The van der Waals surface area contributed by atoms with Crippen molar-refractivity contribution in [1.29, 1.82) is 0 Å². The summed E-state index contributed by atoms with van der Waals surface area (Å²) in [5.41, 5.74) is 1.83. The largest absolute Gasteiger partial charge is 0.270 e. The summed E-state index contributed by atoms with van der Waals surface area (Å²) in [5, 5.41) is 23.5. The minimum absolute atomic E-state index is 0.0327. The van der Waals surface area contributed by atoms with E-state index < -0.39 is 9.85 Å². The fourth-order valence-corrected chi connectivity index (χ4v) is 3.22. The van der Waals surface area contributed by atoms with E-state index in [4.69, 9.17) is 4.84 Å². The van der Waals surface area contributed by atoms with Gasteiger partial charge in [0, 0.05) is 24.3 Å². The fourth-order valence-electron chi connectivity index (χ4n) is 3.22. The van der Waals surface area contributed by atoms with Crippen LogP contribution in [0.25, 0.3) is 0 Å². The van der Waals surface area contributed by atoms with Crippen molar-refractivity contribution in [3.05, 3.63) is 74.3 Å². The van der Waals surface area contributed by atoms with E-state index in [0.717, 1.165) is 17.7 Å². The molecule has 1 aliphatic rings. The van der Waals surface area contributed by atoms with Crippen LogP contribution in [0.5, 0.6) is 0 Å².